The summed E-state index contributed by atoms with van der Waals surface area (Å²) in [6.45, 7) is 6.24. The van der Waals surface area contributed by atoms with Crippen molar-refractivity contribution in [2.45, 2.75) is 26.3 Å². The molecule has 0 spiro atoms. The van der Waals surface area contributed by atoms with Gasteiger partial charge >= 0.3 is 0 Å². The van der Waals surface area contributed by atoms with Crippen LogP contribution < -0.4 is 5.32 Å². The van der Waals surface area contributed by atoms with Crippen LogP contribution in [0, 0.1) is 0 Å². The fraction of sp³-hybridized carbons (Fsp3) is 0.467. The standard InChI is InChI=1S/C15H21ClN4/c1-4-11(2)20(3)10-9-17-15-13-8-6-5-7-12(13)14(16)18-19-15/h5-8,11H,4,9-10H2,1-3H3,(H,17,19). The van der Waals surface area contributed by atoms with Crippen molar-refractivity contribution in [1.82, 2.24) is 15.1 Å². The highest BCUT2D eigenvalue weighted by Gasteiger charge is 2.09. The van der Waals surface area contributed by atoms with Gasteiger partial charge in [-0.1, -0.05) is 42.8 Å². The number of nitrogens with one attached hydrogen (secondary N) is 1. The van der Waals surface area contributed by atoms with Crippen molar-refractivity contribution in [2.75, 3.05) is 25.5 Å². The predicted octanol–water partition coefficient (Wildman–Crippen LogP) is 3.43. The number of hydrogen-bond acceptors (Lipinski definition) is 4. The molecular formula is C15H21ClN4. The Balaban J connectivity index is 2.06. The molecule has 20 heavy (non-hydrogen) atoms. The number of aromatic nitrogens is 2. The first-order valence-electron chi connectivity index (χ1n) is 6.98. The lowest BCUT2D eigenvalue weighted by Crippen LogP contribution is -2.32. The van der Waals surface area contributed by atoms with E-state index >= 15 is 0 Å². The van der Waals surface area contributed by atoms with Crippen molar-refractivity contribution in [3.8, 4) is 0 Å². The van der Waals surface area contributed by atoms with Crippen molar-refractivity contribution in [3.63, 3.8) is 0 Å². The molecule has 1 N–H and O–H groups in total. The molecule has 1 unspecified atom stereocenters. The molecule has 0 saturated carbocycles. The largest absolute Gasteiger partial charge is 0.367 e. The summed E-state index contributed by atoms with van der Waals surface area (Å²) in [5, 5.41) is 13.9. The van der Waals surface area contributed by atoms with E-state index in [1.54, 1.807) is 0 Å². The quantitative estimate of drug-likeness (QED) is 0.886. The Morgan fingerprint density at radius 1 is 1.25 bits per heavy atom. The second kappa shape index (κ2) is 6.86. The Labute approximate surface area is 125 Å². The van der Waals surface area contributed by atoms with Gasteiger partial charge in [0.05, 0.1) is 0 Å². The Morgan fingerprint density at radius 3 is 2.65 bits per heavy atom. The number of hydrogen-bond donors (Lipinski definition) is 1. The molecule has 0 saturated heterocycles. The molecule has 2 aromatic rings. The first kappa shape index (κ1) is 15.0. The number of anilines is 1. The molecule has 0 aliphatic heterocycles. The summed E-state index contributed by atoms with van der Waals surface area (Å²) in [6, 6.07) is 8.50. The van der Waals surface area contributed by atoms with Gasteiger partial charge in [0.2, 0.25) is 0 Å². The van der Waals surface area contributed by atoms with Gasteiger partial charge in [0, 0.05) is 29.9 Å². The third-order valence-corrected chi connectivity index (χ3v) is 4.02. The van der Waals surface area contributed by atoms with Gasteiger partial charge in [-0.2, -0.15) is 0 Å². The molecule has 0 radical (unpaired) electrons. The third-order valence-electron chi connectivity index (χ3n) is 3.74. The van der Waals surface area contributed by atoms with Crippen molar-refractivity contribution in [1.29, 1.82) is 0 Å². The van der Waals surface area contributed by atoms with Crippen LogP contribution in [-0.2, 0) is 0 Å². The van der Waals surface area contributed by atoms with Crippen LogP contribution in [0.1, 0.15) is 20.3 Å². The van der Waals surface area contributed by atoms with Crippen LogP contribution >= 0.6 is 11.6 Å². The fourth-order valence-corrected chi connectivity index (χ4v) is 2.29. The first-order valence-corrected chi connectivity index (χ1v) is 7.36. The molecule has 1 atom stereocenters. The average molecular weight is 293 g/mol. The van der Waals surface area contributed by atoms with E-state index in [0.717, 1.165) is 36.1 Å². The van der Waals surface area contributed by atoms with Gasteiger partial charge in [-0.05, 0) is 20.4 Å². The summed E-state index contributed by atoms with van der Waals surface area (Å²) in [5.74, 6) is 0.794. The molecule has 2 rings (SSSR count). The fourth-order valence-electron chi connectivity index (χ4n) is 2.08. The number of benzene rings is 1. The van der Waals surface area contributed by atoms with E-state index in [1.165, 1.54) is 0 Å². The number of nitrogens with zero attached hydrogens (tertiary/aromatic N) is 3. The Kier molecular flexibility index (Phi) is 5.15. The maximum absolute atomic E-state index is 6.06. The lowest BCUT2D eigenvalue weighted by Gasteiger charge is -2.23. The highest BCUT2D eigenvalue weighted by atomic mass is 35.5. The highest BCUT2D eigenvalue weighted by molar-refractivity contribution is 6.34. The molecule has 0 fully saturated rings. The van der Waals surface area contributed by atoms with Crippen LogP contribution in [0.15, 0.2) is 24.3 Å². The molecular weight excluding hydrogens is 272 g/mol. The van der Waals surface area contributed by atoms with Gasteiger partial charge in [-0.25, -0.2) is 0 Å². The monoisotopic (exact) mass is 292 g/mol. The molecule has 1 aromatic carbocycles. The summed E-state index contributed by atoms with van der Waals surface area (Å²) < 4.78 is 0. The van der Waals surface area contributed by atoms with Crippen LogP contribution in [-0.4, -0.2) is 41.3 Å². The van der Waals surface area contributed by atoms with Crippen molar-refractivity contribution in [3.05, 3.63) is 29.4 Å². The van der Waals surface area contributed by atoms with Crippen molar-refractivity contribution in [2.24, 2.45) is 0 Å². The van der Waals surface area contributed by atoms with Gasteiger partial charge in [0.1, 0.15) is 0 Å². The van der Waals surface area contributed by atoms with Gasteiger partial charge in [-0.3, -0.25) is 0 Å². The Hall–Kier alpha value is -1.39. The van der Waals surface area contributed by atoms with E-state index in [9.17, 15) is 0 Å². The zero-order chi connectivity index (χ0) is 14.5. The molecule has 0 bridgehead atoms. The van der Waals surface area contributed by atoms with Gasteiger partial charge in [-0.15, -0.1) is 10.2 Å². The Morgan fingerprint density at radius 2 is 1.95 bits per heavy atom. The molecule has 0 aliphatic rings. The summed E-state index contributed by atoms with van der Waals surface area (Å²) in [5.41, 5.74) is 0. The van der Waals surface area contributed by atoms with Crippen LogP contribution in [0.3, 0.4) is 0 Å². The van der Waals surface area contributed by atoms with Gasteiger partial charge < -0.3 is 10.2 Å². The number of fused-ring (bicyclic) bond motifs is 1. The lowest BCUT2D eigenvalue weighted by atomic mass is 10.2. The number of rotatable bonds is 6. The minimum absolute atomic E-state index is 0.447. The topological polar surface area (TPSA) is 41.0 Å². The minimum atomic E-state index is 0.447. The van der Waals surface area contributed by atoms with Crippen LogP contribution in [0.2, 0.25) is 5.15 Å². The summed E-state index contributed by atoms with van der Waals surface area (Å²) in [6.07, 6.45) is 1.15. The summed E-state index contributed by atoms with van der Waals surface area (Å²) in [7, 11) is 2.14. The van der Waals surface area contributed by atoms with Crippen molar-refractivity contribution >= 4 is 28.2 Å². The number of likely N-dealkylation sites (N-methyl/N-ethyl adjacent to an activating group) is 1. The lowest BCUT2D eigenvalue weighted by molar-refractivity contribution is 0.261. The highest BCUT2D eigenvalue weighted by Crippen LogP contribution is 2.25. The van der Waals surface area contributed by atoms with E-state index in [-0.39, 0.29) is 0 Å². The van der Waals surface area contributed by atoms with E-state index < -0.39 is 0 Å². The van der Waals surface area contributed by atoms with Crippen LogP contribution in [0.5, 0.6) is 0 Å². The first-order chi connectivity index (χ1) is 9.63. The van der Waals surface area contributed by atoms with E-state index in [0.29, 0.717) is 11.2 Å². The molecule has 4 nitrogen and oxygen atoms in total. The summed E-state index contributed by atoms with van der Waals surface area (Å²) in [4.78, 5) is 2.33. The van der Waals surface area contributed by atoms with Crippen LogP contribution in [0.25, 0.3) is 10.8 Å². The summed E-state index contributed by atoms with van der Waals surface area (Å²) >= 11 is 6.06. The van der Waals surface area contributed by atoms with E-state index in [2.05, 4.69) is 41.3 Å². The smallest absolute Gasteiger partial charge is 0.159 e. The minimum Gasteiger partial charge on any atom is -0.367 e. The Bertz CT molecular complexity index is 573. The normalized spacial score (nSPS) is 12.8. The zero-order valence-corrected chi connectivity index (χ0v) is 13.0. The molecule has 1 heterocycles. The van der Waals surface area contributed by atoms with Crippen LogP contribution in [0.4, 0.5) is 5.82 Å². The average Bonchev–Trinajstić information content (AvgIpc) is 2.49. The zero-order valence-electron chi connectivity index (χ0n) is 12.2. The molecule has 108 valence electrons. The predicted molar refractivity (Wildman–Crippen MR) is 85.4 cm³/mol. The van der Waals surface area contributed by atoms with Gasteiger partial charge in [0.15, 0.2) is 11.0 Å². The van der Waals surface area contributed by atoms with Gasteiger partial charge in [0.25, 0.3) is 0 Å². The molecule has 1 aromatic heterocycles. The van der Waals surface area contributed by atoms with E-state index in [4.69, 9.17) is 11.6 Å². The SMILES string of the molecule is CCC(C)N(C)CCNc1nnc(Cl)c2ccccc12. The third kappa shape index (κ3) is 3.38. The van der Waals surface area contributed by atoms with Crippen molar-refractivity contribution < 1.29 is 0 Å². The second-order valence-corrected chi connectivity index (χ2v) is 5.41. The van der Waals surface area contributed by atoms with E-state index in [1.807, 2.05) is 24.3 Å². The molecule has 0 amide bonds. The molecule has 5 heteroatoms. The maximum atomic E-state index is 6.06. The molecule has 0 aliphatic carbocycles. The maximum Gasteiger partial charge on any atom is 0.159 e. The number of halogens is 1. The second-order valence-electron chi connectivity index (χ2n) is 5.05.